The molecule has 2 aliphatic rings. The first-order chi connectivity index (χ1) is 12.7. The number of anilines is 2. The topological polar surface area (TPSA) is 26.8 Å². The van der Waals surface area contributed by atoms with Crippen molar-refractivity contribution in [2.45, 2.75) is 19.8 Å². The van der Waals surface area contributed by atoms with Gasteiger partial charge in [-0.05, 0) is 61.7 Å². The molecular weight excluding hydrogens is 322 g/mol. The third-order valence-electron chi connectivity index (χ3n) is 5.52. The predicted octanol–water partition coefficient (Wildman–Crippen LogP) is 3.56. The lowest BCUT2D eigenvalue weighted by molar-refractivity contribution is 0.0747. The molecule has 1 amide bonds. The lowest BCUT2D eigenvalue weighted by atomic mass is 10.1. The normalized spacial score (nSPS) is 17.7. The van der Waals surface area contributed by atoms with Gasteiger partial charge in [0.1, 0.15) is 0 Å². The molecule has 0 unspecified atom stereocenters. The number of rotatable bonds is 3. The quantitative estimate of drug-likeness (QED) is 0.848. The maximum absolute atomic E-state index is 12.8. The van der Waals surface area contributed by atoms with E-state index in [1.807, 2.05) is 17.0 Å². The largest absolute Gasteiger partial charge is 0.372 e. The van der Waals surface area contributed by atoms with E-state index in [2.05, 4.69) is 53.1 Å². The summed E-state index contributed by atoms with van der Waals surface area (Å²) < 4.78 is 0. The molecule has 0 saturated carbocycles. The number of piperazine rings is 1. The van der Waals surface area contributed by atoms with Crippen molar-refractivity contribution in [3.05, 3.63) is 59.7 Å². The molecule has 0 aromatic heterocycles. The highest BCUT2D eigenvalue weighted by Gasteiger charge is 2.22. The van der Waals surface area contributed by atoms with E-state index in [-0.39, 0.29) is 5.91 Å². The molecule has 0 aliphatic carbocycles. The molecule has 136 valence electrons. The van der Waals surface area contributed by atoms with Crippen LogP contribution in [0, 0.1) is 6.92 Å². The molecule has 2 heterocycles. The molecule has 2 aromatic carbocycles. The third-order valence-corrected chi connectivity index (χ3v) is 5.52. The predicted molar refractivity (Wildman–Crippen MR) is 107 cm³/mol. The highest BCUT2D eigenvalue weighted by Crippen LogP contribution is 2.22. The molecule has 2 saturated heterocycles. The molecule has 2 aliphatic heterocycles. The molecule has 0 radical (unpaired) electrons. The standard InChI is InChI=1S/C22H27N3O/c1-18-5-4-6-21(17-18)24-13-15-25(16-14-24)22(26)19-7-9-20(10-8-19)23-11-2-3-12-23/h4-10,17H,2-3,11-16H2,1H3. The Morgan fingerprint density at radius 3 is 2.08 bits per heavy atom. The van der Waals surface area contributed by atoms with Crippen LogP contribution in [0.15, 0.2) is 48.5 Å². The monoisotopic (exact) mass is 349 g/mol. The van der Waals surface area contributed by atoms with E-state index >= 15 is 0 Å². The average Bonchev–Trinajstić information content (AvgIpc) is 3.23. The molecule has 0 N–H and O–H groups in total. The van der Waals surface area contributed by atoms with Crippen LogP contribution in [0.2, 0.25) is 0 Å². The Kier molecular flexibility index (Phi) is 4.83. The summed E-state index contributed by atoms with van der Waals surface area (Å²) in [5.74, 6) is 0.155. The SMILES string of the molecule is Cc1cccc(N2CCN(C(=O)c3ccc(N4CCCC4)cc3)CC2)c1. The number of nitrogens with zero attached hydrogens (tertiary/aromatic N) is 3. The summed E-state index contributed by atoms with van der Waals surface area (Å²) >= 11 is 0. The molecule has 2 aromatic rings. The van der Waals surface area contributed by atoms with Crippen molar-refractivity contribution in [1.82, 2.24) is 4.90 Å². The van der Waals surface area contributed by atoms with E-state index in [0.29, 0.717) is 0 Å². The fourth-order valence-electron chi connectivity index (χ4n) is 3.97. The fourth-order valence-corrected chi connectivity index (χ4v) is 3.97. The lowest BCUT2D eigenvalue weighted by Gasteiger charge is -2.36. The maximum atomic E-state index is 12.8. The van der Waals surface area contributed by atoms with E-state index < -0.39 is 0 Å². The summed E-state index contributed by atoms with van der Waals surface area (Å²) in [6.45, 7) is 7.72. The highest BCUT2D eigenvalue weighted by molar-refractivity contribution is 5.94. The Balaban J connectivity index is 1.37. The minimum atomic E-state index is 0.155. The summed E-state index contributed by atoms with van der Waals surface area (Å²) in [4.78, 5) is 19.6. The van der Waals surface area contributed by atoms with E-state index in [4.69, 9.17) is 0 Å². The maximum Gasteiger partial charge on any atom is 0.253 e. The van der Waals surface area contributed by atoms with E-state index in [1.165, 1.54) is 29.8 Å². The zero-order chi connectivity index (χ0) is 17.9. The van der Waals surface area contributed by atoms with Gasteiger partial charge >= 0.3 is 0 Å². The van der Waals surface area contributed by atoms with E-state index in [9.17, 15) is 4.79 Å². The minimum Gasteiger partial charge on any atom is -0.372 e. The first-order valence-corrected chi connectivity index (χ1v) is 9.67. The first kappa shape index (κ1) is 17.0. The third kappa shape index (κ3) is 3.55. The van der Waals surface area contributed by atoms with Crippen LogP contribution in [0.5, 0.6) is 0 Å². The van der Waals surface area contributed by atoms with Crippen LogP contribution in [-0.4, -0.2) is 50.1 Å². The summed E-state index contributed by atoms with van der Waals surface area (Å²) in [7, 11) is 0. The molecule has 26 heavy (non-hydrogen) atoms. The van der Waals surface area contributed by atoms with Gasteiger partial charge in [0.15, 0.2) is 0 Å². The minimum absolute atomic E-state index is 0.155. The Morgan fingerprint density at radius 2 is 1.42 bits per heavy atom. The summed E-state index contributed by atoms with van der Waals surface area (Å²) in [6, 6.07) is 16.8. The first-order valence-electron chi connectivity index (χ1n) is 9.67. The Hall–Kier alpha value is -2.49. The van der Waals surface area contributed by atoms with Gasteiger partial charge in [-0.3, -0.25) is 4.79 Å². The second-order valence-corrected chi connectivity index (χ2v) is 7.36. The van der Waals surface area contributed by atoms with Gasteiger partial charge in [-0.25, -0.2) is 0 Å². The second kappa shape index (κ2) is 7.40. The molecule has 0 atom stereocenters. The molecule has 4 rings (SSSR count). The lowest BCUT2D eigenvalue weighted by Crippen LogP contribution is -2.48. The average molecular weight is 349 g/mol. The van der Waals surface area contributed by atoms with Crippen molar-refractivity contribution in [3.8, 4) is 0 Å². The van der Waals surface area contributed by atoms with Gasteiger partial charge in [0.25, 0.3) is 5.91 Å². The van der Waals surface area contributed by atoms with Gasteiger partial charge in [0.05, 0.1) is 0 Å². The van der Waals surface area contributed by atoms with Gasteiger partial charge in [-0.1, -0.05) is 12.1 Å². The van der Waals surface area contributed by atoms with Crippen LogP contribution < -0.4 is 9.80 Å². The Bertz CT molecular complexity index is 757. The van der Waals surface area contributed by atoms with Crippen molar-refractivity contribution in [1.29, 1.82) is 0 Å². The zero-order valence-electron chi connectivity index (χ0n) is 15.5. The van der Waals surface area contributed by atoms with Gasteiger partial charge < -0.3 is 14.7 Å². The van der Waals surface area contributed by atoms with Gasteiger partial charge in [0, 0.05) is 56.2 Å². The number of aryl methyl sites for hydroxylation is 1. The molecular formula is C22H27N3O. The van der Waals surface area contributed by atoms with Gasteiger partial charge in [-0.2, -0.15) is 0 Å². The van der Waals surface area contributed by atoms with Crippen molar-refractivity contribution >= 4 is 17.3 Å². The smallest absolute Gasteiger partial charge is 0.253 e. The summed E-state index contributed by atoms with van der Waals surface area (Å²) in [5, 5.41) is 0. The molecule has 4 nitrogen and oxygen atoms in total. The van der Waals surface area contributed by atoms with Crippen LogP contribution in [-0.2, 0) is 0 Å². The van der Waals surface area contributed by atoms with E-state index in [0.717, 1.165) is 44.8 Å². The van der Waals surface area contributed by atoms with Crippen LogP contribution in [0.3, 0.4) is 0 Å². The number of carbonyl (C=O) groups is 1. The Labute approximate surface area is 156 Å². The number of carbonyl (C=O) groups excluding carboxylic acids is 1. The zero-order valence-corrected chi connectivity index (χ0v) is 15.5. The fraction of sp³-hybridized carbons (Fsp3) is 0.409. The molecule has 0 bridgehead atoms. The second-order valence-electron chi connectivity index (χ2n) is 7.36. The van der Waals surface area contributed by atoms with Crippen molar-refractivity contribution in [2.24, 2.45) is 0 Å². The molecule has 4 heteroatoms. The summed E-state index contributed by atoms with van der Waals surface area (Å²) in [6.07, 6.45) is 2.54. The van der Waals surface area contributed by atoms with Crippen LogP contribution in [0.25, 0.3) is 0 Å². The summed E-state index contributed by atoms with van der Waals surface area (Å²) in [5.41, 5.74) is 4.58. The van der Waals surface area contributed by atoms with Crippen molar-refractivity contribution < 1.29 is 4.79 Å². The number of hydrogen-bond acceptors (Lipinski definition) is 3. The number of benzene rings is 2. The van der Waals surface area contributed by atoms with Gasteiger partial charge in [0.2, 0.25) is 0 Å². The highest BCUT2D eigenvalue weighted by atomic mass is 16.2. The molecule has 0 spiro atoms. The molecule has 2 fully saturated rings. The number of hydrogen-bond donors (Lipinski definition) is 0. The van der Waals surface area contributed by atoms with Crippen molar-refractivity contribution in [3.63, 3.8) is 0 Å². The van der Waals surface area contributed by atoms with Crippen LogP contribution in [0.1, 0.15) is 28.8 Å². The van der Waals surface area contributed by atoms with Gasteiger partial charge in [-0.15, -0.1) is 0 Å². The number of amides is 1. The van der Waals surface area contributed by atoms with Crippen molar-refractivity contribution in [2.75, 3.05) is 49.1 Å². The van der Waals surface area contributed by atoms with E-state index in [1.54, 1.807) is 0 Å². The van der Waals surface area contributed by atoms with Crippen LogP contribution in [0.4, 0.5) is 11.4 Å². The Morgan fingerprint density at radius 1 is 0.769 bits per heavy atom. The van der Waals surface area contributed by atoms with Crippen LogP contribution >= 0.6 is 0 Å².